The molecule has 108 valence electrons. The summed E-state index contributed by atoms with van der Waals surface area (Å²) in [5, 5.41) is 3.56. The number of hydrogen-bond donors (Lipinski definition) is 1. The van der Waals surface area contributed by atoms with E-state index in [1.807, 2.05) is 6.20 Å². The van der Waals surface area contributed by atoms with E-state index in [-0.39, 0.29) is 0 Å². The van der Waals surface area contributed by atoms with E-state index in [1.54, 1.807) is 7.11 Å². The third kappa shape index (κ3) is 4.30. The minimum absolute atomic E-state index is 0.627. The Labute approximate surface area is 116 Å². The van der Waals surface area contributed by atoms with Crippen molar-refractivity contribution in [2.24, 2.45) is 0 Å². The van der Waals surface area contributed by atoms with Crippen molar-refractivity contribution in [2.75, 3.05) is 33.4 Å². The van der Waals surface area contributed by atoms with Gasteiger partial charge in [0.2, 0.25) is 0 Å². The molecule has 1 saturated heterocycles. The van der Waals surface area contributed by atoms with Crippen molar-refractivity contribution in [1.29, 1.82) is 0 Å². The minimum atomic E-state index is 0.627. The first-order chi connectivity index (χ1) is 9.33. The largest absolute Gasteiger partial charge is 0.383 e. The van der Waals surface area contributed by atoms with Gasteiger partial charge in [-0.25, -0.2) is 4.98 Å². The van der Waals surface area contributed by atoms with Gasteiger partial charge >= 0.3 is 0 Å². The van der Waals surface area contributed by atoms with Crippen LogP contribution < -0.4 is 5.32 Å². The van der Waals surface area contributed by atoms with Crippen LogP contribution in [0.25, 0.3) is 0 Å². The average molecular weight is 266 g/mol. The molecule has 1 aromatic rings. The van der Waals surface area contributed by atoms with Crippen molar-refractivity contribution in [1.82, 2.24) is 19.8 Å². The van der Waals surface area contributed by atoms with E-state index in [1.165, 1.54) is 12.8 Å². The van der Waals surface area contributed by atoms with Crippen molar-refractivity contribution in [2.45, 2.75) is 38.9 Å². The van der Waals surface area contributed by atoms with Crippen molar-refractivity contribution in [3.05, 3.63) is 18.2 Å². The Morgan fingerprint density at radius 1 is 1.58 bits per heavy atom. The molecule has 1 unspecified atom stereocenters. The van der Waals surface area contributed by atoms with Gasteiger partial charge in [-0.2, -0.15) is 0 Å². The minimum Gasteiger partial charge on any atom is -0.383 e. The standard InChI is InChI=1S/C14H26N4O/c1-3-18-8-7-16-14(18)12-17(9-10-19-2)11-13-5-4-6-15-13/h7-8,13,15H,3-6,9-12H2,1-2H3. The van der Waals surface area contributed by atoms with Gasteiger partial charge in [0, 0.05) is 45.2 Å². The smallest absolute Gasteiger partial charge is 0.122 e. The van der Waals surface area contributed by atoms with Gasteiger partial charge in [-0.1, -0.05) is 0 Å². The summed E-state index contributed by atoms with van der Waals surface area (Å²) in [6.07, 6.45) is 6.52. The second-order valence-electron chi connectivity index (χ2n) is 5.15. The molecule has 5 nitrogen and oxygen atoms in total. The molecule has 1 aliphatic rings. The molecule has 5 heteroatoms. The number of hydrogen-bond acceptors (Lipinski definition) is 4. The molecule has 1 aliphatic heterocycles. The van der Waals surface area contributed by atoms with E-state index in [9.17, 15) is 0 Å². The molecule has 0 radical (unpaired) electrons. The van der Waals surface area contributed by atoms with Crippen LogP contribution in [-0.4, -0.2) is 53.8 Å². The lowest BCUT2D eigenvalue weighted by Gasteiger charge is -2.25. The van der Waals surface area contributed by atoms with Gasteiger partial charge < -0.3 is 14.6 Å². The second kappa shape index (κ2) is 7.62. The van der Waals surface area contributed by atoms with Crippen molar-refractivity contribution in [3.8, 4) is 0 Å². The Kier molecular flexibility index (Phi) is 5.82. The number of aromatic nitrogens is 2. The fourth-order valence-corrected chi connectivity index (χ4v) is 2.66. The van der Waals surface area contributed by atoms with E-state index in [4.69, 9.17) is 4.74 Å². The van der Waals surface area contributed by atoms with Crippen LogP contribution in [0, 0.1) is 0 Å². The van der Waals surface area contributed by atoms with Crippen LogP contribution in [0.5, 0.6) is 0 Å². The van der Waals surface area contributed by atoms with Crippen LogP contribution in [0.1, 0.15) is 25.6 Å². The zero-order chi connectivity index (χ0) is 13.5. The molecule has 0 aromatic carbocycles. The lowest BCUT2D eigenvalue weighted by molar-refractivity contribution is 0.135. The lowest BCUT2D eigenvalue weighted by atomic mass is 10.2. The highest BCUT2D eigenvalue weighted by Crippen LogP contribution is 2.10. The Morgan fingerprint density at radius 2 is 2.47 bits per heavy atom. The summed E-state index contributed by atoms with van der Waals surface area (Å²) in [5.41, 5.74) is 0. The molecule has 0 spiro atoms. The summed E-state index contributed by atoms with van der Waals surface area (Å²) >= 11 is 0. The maximum atomic E-state index is 5.22. The molecular weight excluding hydrogens is 240 g/mol. The molecule has 0 bridgehead atoms. The highest BCUT2D eigenvalue weighted by molar-refractivity contribution is 4.93. The molecule has 0 saturated carbocycles. The van der Waals surface area contributed by atoms with Gasteiger partial charge in [-0.15, -0.1) is 0 Å². The summed E-state index contributed by atoms with van der Waals surface area (Å²) in [4.78, 5) is 6.91. The average Bonchev–Trinajstić information content (AvgIpc) is 3.07. The van der Waals surface area contributed by atoms with E-state index in [2.05, 4.69) is 32.9 Å². The summed E-state index contributed by atoms with van der Waals surface area (Å²) in [7, 11) is 1.76. The van der Waals surface area contributed by atoms with Gasteiger partial charge in [-0.05, 0) is 26.3 Å². The number of nitrogens with zero attached hydrogens (tertiary/aromatic N) is 3. The molecule has 0 aliphatic carbocycles. The Morgan fingerprint density at radius 3 is 3.16 bits per heavy atom. The third-order valence-corrected chi connectivity index (χ3v) is 3.76. The highest BCUT2D eigenvalue weighted by Gasteiger charge is 2.18. The maximum Gasteiger partial charge on any atom is 0.122 e. The van der Waals surface area contributed by atoms with Crippen LogP contribution in [0.15, 0.2) is 12.4 Å². The van der Waals surface area contributed by atoms with Gasteiger partial charge in [0.25, 0.3) is 0 Å². The predicted octanol–water partition coefficient (Wildman–Crippen LogP) is 1.10. The van der Waals surface area contributed by atoms with Crippen LogP contribution in [0.2, 0.25) is 0 Å². The van der Waals surface area contributed by atoms with Gasteiger partial charge in [0.05, 0.1) is 13.2 Å². The quantitative estimate of drug-likeness (QED) is 0.765. The normalized spacial score (nSPS) is 19.4. The molecule has 0 amide bonds. The van der Waals surface area contributed by atoms with Crippen molar-refractivity contribution < 1.29 is 4.74 Å². The van der Waals surface area contributed by atoms with Gasteiger partial charge in [-0.3, -0.25) is 4.90 Å². The summed E-state index contributed by atoms with van der Waals surface area (Å²) in [6, 6.07) is 0.627. The molecule has 2 heterocycles. The van der Waals surface area contributed by atoms with Crippen LogP contribution in [0.4, 0.5) is 0 Å². The zero-order valence-corrected chi connectivity index (χ0v) is 12.1. The van der Waals surface area contributed by atoms with E-state index in [0.29, 0.717) is 6.04 Å². The lowest BCUT2D eigenvalue weighted by Crippen LogP contribution is -2.39. The number of aryl methyl sites for hydroxylation is 1. The number of imidazole rings is 1. The number of methoxy groups -OCH3 is 1. The molecular formula is C14H26N4O. The third-order valence-electron chi connectivity index (χ3n) is 3.76. The first kappa shape index (κ1) is 14.5. The summed E-state index contributed by atoms with van der Waals surface area (Å²) < 4.78 is 7.43. The Hall–Kier alpha value is -0.910. The van der Waals surface area contributed by atoms with Crippen LogP contribution in [0.3, 0.4) is 0 Å². The SMILES string of the molecule is CCn1ccnc1CN(CCOC)CC1CCCN1. The molecule has 1 N–H and O–H groups in total. The highest BCUT2D eigenvalue weighted by atomic mass is 16.5. The first-order valence-corrected chi connectivity index (χ1v) is 7.28. The zero-order valence-electron chi connectivity index (χ0n) is 12.1. The fourth-order valence-electron chi connectivity index (χ4n) is 2.66. The van der Waals surface area contributed by atoms with Crippen LogP contribution in [-0.2, 0) is 17.8 Å². The fraction of sp³-hybridized carbons (Fsp3) is 0.786. The van der Waals surface area contributed by atoms with Gasteiger partial charge in [0.1, 0.15) is 5.82 Å². The van der Waals surface area contributed by atoms with E-state index in [0.717, 1.165) is 45.2 Å². The number of rotatable bonds is 8. The molecule has 2 rings (SSSR count). The monoisotopic (exact) mass is 266 g/mol. The summed E-state index contributed by atoms with van der Waals surface area (Å²) in [5.74, 6) is 1.15. The summed E-state index contributed by atoms with van der Waals surface area (Å²) in [6.45, 7) is 8.03. The molecule has 1 atom stereocenters. The number of ether oxygens (including phenoxy) is 1. The Balaban J connectivity index is 1.92. The topological polar surface area (TPSA) is 42.3 Å². The van der Waals surface area contributed by atoms with E-state index >= 15 is 0 Å². The predicted molar refractivity (Wildman–Crippen MR) is 76.1 cm³/mol. The van der Waals surface area contributed by atoms with Crippen molar-refractivity contribution in [3.63, 3.8) is 0 Å². The number of nitrogens with one attached hydrogen (secondary N) is 1. The van der Waals surface area contributed by atoms with E-state index < -0.39 is 0 Å². The molecule has 1 fully saturated rings. The maximum absolute atomic E-state index is 5.22. The first-order valence-electron chi connectivity index (χ1n) is 7.28. The van der Waals surface area contributed by atoms with Crippen LogP contribution >= 0.6 is 0 Å². The van der Waals surface area contributed by atoms with Crippen molar-refractivity contribution >= 4 is 0 Å². The Bertz CT molecular complexity index is 360. The van der Waals surface area contributed by atoms with Gasteiger partial charge in [0.15, 0.2) is 0 Å². The second-order valence-corrected chi connectivity index (χ2v) is 5.15. The molecule has 19 heavy (non-hydrogen) atoms. The molecule has 1 aromatic heterocycles.